The van der Waals surface area contributed by atoms with Gasteiger partial charge in [0.1, 0.15) is 11.6 Å². The number of halogens is 1. The van der Waals surface area contributed by atoms with E-state index in [1.54, 1.807) is 11.1 Å². The second-order valence-corrected chi connectivity index (χ2v) is 8.19. The Labute approximate surface area is 165 Å². The van der Waals surface area contributed by atoms with E-state index < -0.39 is 5.82 Å². The van der Waals surface area contributed by atoms with E-state index in [-0.39, 0.29) is 18.1 Å². The Hall–Kier alpha value is -2.37. The molecule has 2 N–H and O–H groups in total. The van der Waals surface area contributed by atoms with Crippen molar-refractivity contribution >= 4 is 23.4 Å². The number of ether oxygens (including phenoxy) is 1. The first-order valence-corrected chi connectivity index (χ1v) is 10.3. The molecule has 5 nitrogen and oxygen atoms in total. The van der Waals surface area contributed by atoms with Gasteiger partial charge in [0.2, 0.25) is 5.91 Å². The molecule has 1 amide bonds. The van der Waals surface area contributed by atoms with Crippen LogP contribution >= 0.6 is 0 Å². The van der Waals surface area contributed by atoms with Crippen molar-refractivity contribution < 1.29 is 13.9 Å². The highest BCUT2D eigenvalue weighted by molar-refractivity contribution is 6.10. The molecule has 6 heteroatoms. The van der Waals surface area contributed by atoms with E-state index in [1.165, 1.54) is 19.2 Å². The van der Waals surface area contributed by atoms with Crippen LogP contribution in [0.4, 0.5) is 10.1 Å². The molecule has 2 saturated carbocycles. The van der Waals surface area contributed by atoms with Crippen molar-refractivity contribution in [3.8, 4) is 5.75 Å². The molecule has 0 saturated heterocycles. The molecule has 1 aromatic carbocycles. The smallest absolute Gasteiger partial charge is 0.224 e. The van der Waals surface area contributed by atoms with Crippen LogP contribution in [0.1, 0.15) is 63.5 Å². The third kappa shape index (κ3) is 3.52. The lowest BCUT2D eigenvalue weighted by Crippen LogP contribution is -2.42. The lowest BCUT2D eigenvalue weighted by Gasteiger charge is -2.37. The van der Waals surface area contributed by atoms with Crippen molar-refractivity contribution in [2.45, 2.75) is 77.0 Å². The molecule has 150 valence electrons. The second kappa shape index (κ2) is 7.57. The molecule has 28 heavy (non-hydrogen) atoms. The van der Waals surface area contributed by atoms with E-state index in [0.717, 1.165) is 44.1 Å². The number of hydrogen-bond acceptors (Lipinski definition) is 4. The average molecular weight is 385 g/mol. The Bertz CT molecular complexity index is 828. The summed E-state index contributed by atoms with van der Waals surface area (Å²) < 4.78 is 21.6. The number of anilines is 1. The molecule has 1 heterocycles. The number of carbonyl (C=O) groups is 1. The normalized spacial score (nSPS) is 22.3. The molecule has 2 aliphatic carbocycles. The van der Waals surface area contributed by atoms with Gasteiger partial charge in [0.15, 0.2) is 0 Å². The predicted molar refractivity (Wildman–Crippen MR) is 109 cm³/mol. The molecule has 4 rings (SSSR count). The van der Waals surface area contributed by atoms with Crippen LogP contribution in [-0.2, 0) is 11.2 Å². The van der Waals surface area contributed by atoms with Gasteiger partial charge in [0.25, 0.3) is 0 Å². The second-order valence-electron chi connectivity index (χ2n) is 8.19. The van der Waals surface area contributed by atoms with Crippen molar-refractivity contribution in [1.82, 2.24) is 5.32 Å². The molecule has 2 fully saturated rings. The van der Waals surface area contributed by atoms with E-state index in [9.17, 15) is 4.79 Å². The summed E-state index contributed by atoms with van der Waals surface area (Å²) in [5.41, 5.74) is 2.32. The number of benzene rings is 1. The van der Waals surface area contributed by atoms with Gasteiger partial charge >= 0.3 is 0 Å². The van der Waals surface area contributed by atoms with Gasteiger partial charge in [-0.15, -0.1) is 0 Å². The third-order valence-corrected chi connectivity index (χ3v) is 5.99. The van der Waals surface area contributed by atoms with Crippen LogP contribution in [0.2, 0.25) is 0 Å². The summed E-state index contributed by atoms with van der Waals surface area (Å²) in [5.74, 6) is 0.0615. The molecule has 1 atom stereocenters. The molecule has 3 aliphatic rings. The summed E-state index contributed by atoms with van der Waals surface area (Å²) in [6, 6.07) is 1.84. The Morgan fingerprint density at radius 2 is 2.07 bits per heavy atom. The maximum Gasteiger partial charge on any atom is 0.224 e. The van der Waals surface area contributed by atoms with Gasteiger partial charge in [-0.25, -0.2) is 4.39 Å². The van der Waals surface area contributed by atoms with Crippen molar-refractivity contribution in [2.75, 3.05) is 4.90 Å². The zero-order chi connectivity index (χ0) is 19.8. The molecule has 0 unspecified atom stereocenters. The lowest BCUT2D eigenvalue weighted by molar-refractivity contribution is -0.117. The van der Waals surface area contributed by atoms with E-state index in [1.807, 2.05) is 6.92 Å². The summed E-state index contributed by atoms with van der Waals surface area (Å²) in [7, 11) is 0. The minimum atomic E-state index is -0.424. The van der Waals surface area contributed by atoms with Gasteiger partial charge in [-0.2, -0.15) is 0 Å². The van der Waals surface area contributed by atoms with Gasteiger partial charge in [0.05, 0.1) is 11.8 Å². The van der Waals surface area contributed by atoms with Crippen LogP contribution in [0.25, 0.3) is 5.57 Å². The number of rotatable bonds is 6. The monoisotopic (exact) mass is 385 g/mol. The number of allylic oxidation sites excluding steroid dienone is 1. The summed E-state index contributed by atoms with van der Waals surface area (Å²) in [6.07, 6.45) is 9.96. The molecule has 0 bridgehead atoms. The zero-order valence-electron chi connectivity index (χ0n) is 16.6. The SMILES string of the molecule is CC(=O)N1c2c(F)cc(/C(C=N)=C/NC3CC3)c(OC3CCC3)c2CC[C@@H]1C. The molecular weight excluding hydrogens is 357 g/mol. The maximum absolute atomic E-state index is 15.3. The van der Waals surface area contributed by atoms with Crippen LogP contribution in [0.15, 0.2) is 12.3 Å². The van der Waals surface area contributed by atoms with Crippen molar-refractivity contribution in [3.63, 3.8) is 0 Å². The Balaban J connectivity index is 1.83. The van der Waals surface area contributed by atoms with E-state index in [2.05, 4.69) is 5.32 Å². The number of carbonyl (C=O) groups excluding carboxylic acids is 1. The van der Waals surface area contributed by atoms with E-state index in [0.29, 0.717) is 35.0 Å². The molecule has 0 spiro atoms. The molecule has 0 aromatic heterocycles. The summed E-state index contributed by atoms with van der Waals surface area (Å²) in [4.78, 5) is 13.8. The summed E-state index contributed by atoms with van der Waals surface area (Å²) in [6.45, 7) is 3.43. The highest BCUT2D eigenvalue weighted by Gasteiger charge is 2.34. The highest BCUT2D eigenvalue weighted by Crippen LogP contribution is 2.44. The van der Waals surface area contributed by atoms with Crippen LogP contribution in [0, 0.1) is 11.2 Å². The third-order valence-electron chi connectivity index (χ3n) is 5.99. The number of amides is 1. The Morgan fingerprint density at radius 1 is 1.32 bits per heavy atom. The minimum absolute atomic E-state index is 0.0452. The van der Waals surface area contributed by atoms with Gasteiger partial charge in [-0.1, -0.05) is 0 Å². The van der Waals surface area contributed by atoms with Gasteiger partial charge < -0.3 is 20.4 Å². The zero-order valence-corrected chi connectivity index (χ0v) is 16.6. The fraction of sp³-hybridized carbons (Fsp3) is 0.545. The first-order chi connectivity index (χ1) is 13.5. The Morgan fingerprint density at radius 3 is 2.64 bits per heavy atom. The number of fused-ring (bicyclic) bond motifs is 1. The largest absolute Gasteiger partial charge is 0.489 e. The molecule has 1 aromatic rings. The minimum Gasteiger partial charge on any atom is -0.489 e. The first kappa shape index (κ1) is 19.0. The topological polar surface area (TPSA) is 65.4 Å². The van der Waals surface area contributed by atoms with Crippen molar-refractivity contribution in [2.24, 2.45) is 0 Å². The summed E-state index contributed by atoms with van der Waals surface area (Å²) in [5, 5.41) is 11.2. The van der Waals surface area contributed by atoms with Gasteiger partial charge in [-0.05, 0) is 57.9 Å². The van der Waals surface area contributed by atoms with Crippen molar-refractivity contribution in [3.05, 3.63) is 29.2 Å². The highest BCUT2D eigenvalue weighted by atomic mass is 19.1. The van der Waals surface area contributed by atoms with E-state index >= 15 is 4.39 Å². The number of nitrogens with zero attached hydrogens (tertiary/aromatic N) is 1. The molecular formula is C22H28FN3O2. The van der Waals surface area contributed by atoms with Crippen LogP contribution < -0.4 is 15.0 Å². The van der Waals surface area contributed by atoms with Crippen LogP contribution in [-0.4, -0.2) is 30.3 Å². The van der Waals surface area contributed by atoms with Crippen molar-refractivity contribution in [1.29, 1.82) is 5.41 Å². The molecule has 0 radical (unpaired) electrons. The predicted octanol–water partition coefficient (Wildman–Crippen LogP) is 4.19. The van der Waals surface area contributed by atoms with E-state index in [4.69, 9.17) is 10.1 Å². The van der Waals surface area contributed by atoms with Crippen LogP contribution in [0.3, 0.4) is 0 Å². The fourth-order valence-electron chi connectivity index (χ4n) is 4.00. The maximum atomic E-state index is 15.3. The lowest BCUT2D eigenvalue weighted by atomic mass is 9.90. The fourth-order valence-corrected chi connectivity index (χ4v) is 4.00. The Kier molecular flexibility index (Phi) is 5.13. The van der Waals surface area contributed by atoms with Crippen LogP contribution in [0.5, 0.6) is 5.75 Å². The molecule has 1 aliphatic heterocycles. The first-order valence-electron chi connectivity index (χ1n) is 10.3. The van der Waals surface area contributed by atoms with Gasteiger partial charge in [0, 0.05) is 48.1 Å². The van der Waals surface area contributed by atoms with Gasteiger partial charge in [-0.3, -0.25) is 4.79 Å². The quantitative estimate of drug-likeness (QED) is 0.722. The summed E-state index contributed by atoms with van der Waals surface area (Å²) >= 11 is 0. The number of nitrogens with one attached hydrogen (secondary N) is 2. The average Bonchev–Trinajstić information content (AvgIpc) is 3.44. The number of hydrogen-bond donors (Lipinski definition) is 2. The standard InChI is InChI=1S/C22H28FN3O2/c1-13-6-9-18-21(26(13)14(2)27)20(23)10-19(22(18)28-17-4-3-5-17)15(11-24)12-25-16-7-8-16/h10-13,16-17,24-25H,3-9H2,1-2H3/b15-12+,24-11?/t13-/m0/s1.